The maximum absolute atomic E-state index is 13.5. The standard InChI is InChI=1S/C14H12F2N2O2/c1-9-3-2-4-13(18(19)20)14(9)17-8-10-7-11(15)5-6-12(10)16/h2-7,17H,8H2,1H3. The molecule has 0 saturated heterocycles. The highest BCUT2D eigenvalue weighted by atomic mass is 19.1. The van der Waals surface area contributed by atoms with E-state index in [-0.39, 0.29) is 17.8 Å². The predicted octanol–water partition coefficient (Wildman–Crippen LogP) is 3.79. The van der Waals surface area contributed by atoms with E-state index in [0.717, 1.165) is 18.2 Å². The lowest BCUT2D eigenvalue weighted by molar-refractivity contribution is -0.384. The number of rotatable bonds is 4. The summed E-state index contributed by atoms with van der Waals surface area (Å²) < 4.78 is 26.5. The van der Waals surface area contributed by atoms with Crippen LogP contribution in [0.1, 0.15) is 11.1 Å². The van der Waals surface area contributed by atoms with Crippen molar-refractivity contribution >= 4 is 11.4 Å². The van der Waals surface area contributed by atoms with Crippen LogP contribution in [-0.4, -0.2) is 4.92 Å². The van der Waals surface area contributed by atoms with Crippen molar-refractivity contribution in [2.45, 2.75) is 13.5 Å². The first-order valence-electron chi connectivity index (χ1n) is 5.91. The molecule has 2 aromatic rings. The van der Waals surface area contributed by atoms with Gasteiger partial charge in [0, 0.05) is 18.2 Å². The van der Waals surface area contributed by atoms with Crippen LogP contribution in [0.4, 0.5) is 20.2 Å². The Bertz CT molecular complexity index is 660. The van der Waals surface area contributed by atoms with E-state index < -0.39 is 16.6 Å². The van der Waals surface area contributed by atoms with Crippen molar-refractivity contribution < 1.29 is 13.7 Å². The minimum absolute atomic E-state index is 0.0325. The van der Waals surface area contributed by atoms with Crippen LogP contribution in [0.5, 0.6) is 0 Å². The molecule has 6 heteroatoms. The van der Waals surface area contributed by atoms with E-state index in [1.807, 2.05) is 0 Å². The first-order valence-corrected chi connectivity index (χ1v) is 5.91. The number of hydrogen-bond acceptors (Lipinski definition) is 3. The van der Waals surface area contributed by atoms with Crippen LogP contribution in [0.2, 0.25) is 0 Å². The van der Waals surface area contributed by atoms with Crippen molar-refractivity contribution in [2.24, 2.45) is 0 Å². The summed E-state index contributed by atoms with van der Waals surface area (Å²) in [5.41, 5.74) is 0.988. The van der Waals surface area contributed by atoms with Gasteiger partial charge in [-0.2, -0.15) is 0 Å². The molecule has 0 heterocycles. The quantitative estimate of drug-likeness (QED) is 0.683. The van der Waals surface area contributed by atoms with E-state index in [1.165, 1.54) is 6.07 Å². The lowest BCUT2D eigenvalue weighted by Gasteiger charge is -2.10. The van der Waals surface area contributed by atoms with Gasteiger partial charge in [-0.25, -0.2) is 8.78 Å². The lowest BCUT2D eigenvalue weighted by atomic mass is 10.1. The van der Waals surface area contributed by atoms with Crippen LogP contribution >= 0.6 is 0 Å². The van der Waals surface area contributed by atoms with Gasteiger partial charge in [0.05, 0.1) is 4.92 Å². The average molecular weight is 278 g/mol. The Hall–Kier alpha value is -2.50. The Morgan fingerprint density at radius 1 is 1.25 bits per heavy atom. The minimum atomic E-state index is -0.560. The number of nitro benzene ring substituents is 1. The minimum Gasteiger partial charge on any atom is -0.375 e. The molecule has 0 radical (unpaired) electrons. The number of nitro groups is 1. The predicted molar refractivity (Wildman–Crippen MR) is 71.5 cm³/mol. The van der Waals surface area contributed by atoms with Crippen LogP contribution in [0, 0.1) is 28.7 Å². The van der Waals surface area contributed by atoms with Crippen LogP contribution in [0.3, 0.4) is 0 Å². The van der Waals surface area contributed by atoms with Crippen LogP contribution in [0.25, 0.3) is 0 Å². The lowest BCUT2D eigenvalue weighted by Crippen LogP contribution is -2.06. The Morgan fingerprint density at radius 2 is 2.00 bits per heavy atom. The molecule has 0 fully saturated rings. The molecule has 0 spiro atoms. The number of hydrogen-bond donors (Lipinski definition) is 1. The van der Waals surface area contributed by atoms with Crippen LogP contribution in [0.15, 0.2) is 36.4 Å². The van der Waals surface area contributed by atoms with E-state index in [2.05, 4.69) is 5.32 Å². The zero-order chi connectivity index (χ0) is 14.7. The SMILES string of the molecule is Cc1cccc([N+](=O)[O-])c1NCc1cc(F)ccc1F. The molecular formula is C14H12F2N2O2. The number of halogens is 2. The third-order valence-electron chi connectivity index (χ3n) is 2.91. The highest BCUT2D eigenvalue weighted by Gasteiger charge is 2.15. The first kappa shape index (κ1) is 13.9. The molecule has 4 nitrogen and oxygen atoms in total. The first-order chi connectivity index (χ1) is 9.49. The van der Waals surface area contributed by atoms with Crippen molar-refractivity contribution in [3.05, 3.63) is 69.3 Å². The smallest absolute Gasteiger partial charge is 0.292 e. The number of nitrogens with zero attached hydrogens (tertiary/aromatic N) is 1. The number of aryl methyl sites for hydroxylation is 1. The normalized spacial score (nSPS) is 10.3. The van der Waals surface area contributed by atoms with Crippen molar-refractivity contribution in [3.8, 4) is 0 Å². The monoisotopic (exact) mass is 278 g/mol. The summed E-state index contributed by atoms with van der Waals surface area (Å²) >= 11 is 0. The molecule has 2 aromatic carbocycles. The molecule has 0 amide bonds. The second-order valence-corrected chi connectivity index (χ2v) is 4.32. The number of nitrogens with one attached hydrogen (secondary N) is 1. The zero-order valence-electron chi connectivity index (χ0n) is 10.7. The van der Waals surface area contributed by atoms with E-state index in [1.54, 1.807) is 19.1 Å². The van der Waals surface area contributed by atoms with Gasteiger partial charge in [-0.3, -0.25) is 10.1 Å². The van der Waals surface area contributed by atoms with Crippen molar-refractivity contribution in [1.82, 2.24) is 0 Å². The third kappa shape index (κ3) is 2.90. The van der Waals surface area contributed by atoms with Crippen LogP contribution < -0.4 is 5.32 Å². The fourth-order valence-corrected chi connectivity index (χ4v) is 1.90. The summed E-state index contributed by atoms with van der Waals surface area (Å²) in [6, 6.07) is 7.75. The van der Waals surface area contributed by atoms with Gasteiger partial charge in [-0.15, -0.1) is 0 Å². The van der Waals surface area contributed by atoms with Gasteiger partial charge in [-0.05, 0) is 30.7 Å². The molecular weight excluding hydrogens is 266 g/mol. The average Bonchev–Trinajstić information content (AvgIpc) is 2.40. The third-order valence-corrected chi connectivity index (χ3v) is 2.91. The molecule has 0 saturated carbocycles. The highest BCUT2D eigenvalue weighted by Crippen LogP contribution is 2.28. The van der Waals surface area contributed by atoms with E-state index in [4.69, 9.17) is 0 Å². The largest absolute Gasteiger partial charge is 0.375 e. The van der Waals surface area contributed by atoms with E-state index >= 15 is 0 Å². The summed E-state index contributed by atoms with van der Waals surface area (Å²) in [6.45, 7) is 1.67. The molecule has 1 N–H and O–H groups in total. The van der Waals surface area contributed by atoms with Gasteiger partial charge < -0.3 is 5.32 Å². The molecule has 0 aliphatic rings. The van der Waals surface area contributed by atoms with Gasteiger partial charge in [0.2, 0.25) is 0 Å². The maximum Gasteiger partial charge on any atom is 0.292 e. The fourth-order valence-electron chi connectivity index (χ4n) is 1.90. The van der Waals surface area contributed by atoms with Gasteiger partial charge in [0.1, 0.15) is 17.3 Å². The fraction of sp³-hybridized carbons (Fsp3) is 0.143. The summed E-state index contributed by atoms with van der Waals surface area (Å²) in [5, 5.41) is 13.7. The zero-order valence-corrected chi connectivity index (χ0v) is 10.7. The van der Waals surface area contributed by atoms with E-state index in [0.29, 0.717) is 11.3 Å². The summed E-state index contributed by atoms with van der Waals surface area (Å²) in [6.07, 6.45) is 0. The molecule has 0 atom stereocenters. The second kappa shape index (κ2) is 5.64. The van der Waals surface area contributed by atoms with Gasteiger partial charge >= 0.3 is 0 Å². The molecule has 20 heavy (non-hydrogen) atoms. The van der Waals surface area contributed by atoms with Crippen molar-refractivity contribution in [3.63, 3.8) is 0 Å². The van der Waals surface area contributed by atoms with Crippen molar-refractivity contribution in [1.29, 1.82) is 0 Å². The number of anilines is 1. The second-order valence-electron chi connectivity index (χ2n) is 4.32. The molecule has 0 aliphatic heterocycles. The summed E-state index contributed by atoms with van der Waals surface area (Å²) in [7, 11) is 0. The summed E-state index contributed by atoms with van der Waals surface area (Å²) in [5.74, 6) is -1.11. The van der Waals surface area contributed by atoms with Crippen LogP contribution in [-0.2, 0) is 6.54 Å². The maximum atomic E-state index is 13.5. The molecule has 2 rings (SSSR count). The van der Waals surface area contributed by atoms with Gasteiger partial charge in [0.15, 0.2) is 0 Å². The topological polar surface area (TPSA) is 55.2 Å². The molecule has 0 unspecified atom stereocenters. The number of para-hydroxylation sites is 1. The van der Waals surface area contributed by atoms with E-state index in [9.17, 15) is 18.9 Å². The molecule has 0 bridgehead atoms. The summed E-state index contributed by atoms with van der Waals surface area (Å²) in [4.78, 5) is 10.4. The molecule has 0 aromatic heterocycles. The Morgan fingerprint density at radius 3 is 2.70 bits per heavy atom. The Labute approximate surface area is 114 Å². The van der Waals surface area contributed by atoms with Gasteiger partial charge in [-0.1, -0.05) is 12.1 Å². The highest BCUT2D eigenvalue weighted by molar-refractivity contribution is 5.66. The Balaban J connectivity index is 2.27. The van der Waals surface area contributed by atoms with Crippen molar-refractivity contribution in [2.75, 3.05) is 5.32 Å². The Kier molecular flexibility index (Phi) is 3.93. The number of benzene rings is 2. The van der Waals surface area contributed by atoms with Gasteiger partial charge in [0.25, 0.3) is 5.69 Å². The molecule has 104 valence electrons. The molecule has 0 aliphatic carbocycles.